The van der Waals surface area contributed by atoms with Crippen molar-refractivity contribution in [3.63, 3.8) is 0 Å². The van der Waals surface area contributed by atoms with Gasteiger partial charge in [0.25, 0.3) is 0 Å². The van der Waals surface area contributed by atoms with Crippen molar-refractivity contribution in [2.24, 2.45) is 0 Å². The molecule has 0 spiro atoms. The fraction of sp³-hybridized carbons (Fsp3) is 0.0909. The molecule has 2 heterocycles. The number of nitrogens with one attached hydrogen (secondary N) is 1. The fourth-order valence-electron chi connectivity index (χ4n) is 1.26. The number of nitriles is 1. The van der Waals surface area contributed by atoms with Gasteiger partial charge >= 0.3 is 0 Å². The monoisotopic (exact) mass is 226 g/mol. The van der Waals surface area contributed by atoms with E-state index in [4.69, 9.17) is 11.0 Å². The van der Waals surface area contributed by atoms with Crippen LogP contribution in [0.4, 0.5) is 11.5 Å². The van der Waals surface area contributed by atoms with Gasteiger partial charge in [0.2, 0.25) is 5.82 Å². The van der Waals surface area contributed by atoms with Crippen LogP contribution in [0.25, 0.3) is 0 Å². The Kier molecular flexibility index (Phi) is 3.12. The van der Waals surface area contributed by atoms with Crippen molar-refractivity contribution in [3.05, 3.63) is 42.1 Å². The Morgan fingerprint density at radius 1 is 1.29 bits per heavy atom. The van der Waals surface area contributed by atoms with Crippen molar-refractivity contribution in [1.82, 2.24) is 15.0 Å². The molecular formula is C11H10N6. The van der Waals surface area contributed by atoms with Crippen LogP contribution in [0.5, 0.6) is 0 Å². The summed E-state index contributed by atoms with van der Waals surface area (Å²) in [4.78, 5) is 11.8. The van der Waals surface area contributed by atoms with E-state index >= 15 is 0 Å². The lowest BCUT2D eigenvalue weighted by atomic mass is 10.3. The molecule has 0 aliphatic rings. The van der Waals surface area contributed by atoms with Crippen molar-refractivity contribution in [2.45, 2.75) is 6.54 Å². The highest BCUT2D eigenvalue weighted by molar-refractivity contribution is 5.60. The molecule has 0 aliphatic carbocycles. The van der Waals surface area contributed by atoms with Crippen LogP contribution >= 0.6 is 0 Å². The second kappa shape index (κ2) is 4.90. The van der Waals surface area contributed by atoms with E-state index in [9.17, 15) is 0 Å². The first-order valence-electron chi connectivity index (χ1n) is 4.95. The Bertz CT molecular complexity index is 543. The zero-order chi connectivity index (χ0) is 12.1. The summed E-state index contributed by atoms with van der Waals surface area (Å²) < 4.78 is 0. The number of nitrogen functional groups attached to an aromatic ring is 1. The molecule has 2 aromatic rings. The fourth-order valence-corrected chi connectivity index (χ4v) is 1.26. The molecule has 0 aromatic carbocycles. The SMILES string of the molecule is N#Cc1ncc(CNc2ncccc2N)cn1. The van der Waals surface area contributed by atoms with Crippen LogP contribution in [-0.4, -0.2) is 15.0 Å². The molecule has 3 N–H and O–H groups in total. The Morgan fingerprint density at radius 2 is 2.06 bits per heavy atom. The summed E-state index contributed by atoms with van der Waals surface area (Å²) in [7, 11) is 0. The molecule has 0 bridgehead atoms. The van der Waals surface area contributed by atoms with Crippen LogP contribution in [-0.2, 0) is 6.54 Å². The summed E-state index contributed by atoms with van der Waals surface area (Å²) in [5.74, 6) is 0.781. The topological polar surface area (TPSA) is 101 Å². The van der Waals surface area contributed by atoms with Gasteiger partial charge in [0.05, 0.1) is 5.69 Å². The van der Waals surface area contributed by atoms with Crippen molar-refractivity contribution in [1.29, 1.82) is 5.26 Å². The Morgan fingerprint density at radius 3 is 2.71 bits per heavy atom. The zero-order valence-electron chi connectivity index (χ0n) is 8.96. The van der Waals surface area contributed by atoms with Gasteiger partial charge in [0.15, 0.2) is 0 Å². The first kappa shape index (κ1) is 10.8. The maximum absolute atomic E-state index is 8.56. The quantitative estimate of drug-likeness (QED) is 0.807. The number of hydrogen-bond acceptors (Lipinski definition) is 6. The number of hydrogen-bond donors (Lipinski definition) is 2. The minimum absolute atomic E-state index is 0.158. The Labute approximate surface area is 98.2 Å². The maximum atomic E-state index is 8.56. The minimum Gasteiger partial charge on any atom is -0.396 e. The number of aromatic nitrogens is 3. The molecule has 0 aliphatic heterocycles. The van der Waals surface area contributed by atoms with Crippen LogP contribution in [0.2, 0.25) is 0 Å². The van der Waals surface area contributed by atoms with E-state index in [-0.39, 0.29) is 5.82 Å². The van der Waals surface area contributed by atoms with Crippen LogP contribution in [0, 0.1) is 11.3 Å². The third-order valence-electron chi connectivity index (χ3n) is 2.10. The lowest BCUT2D eigenvalue weighted by Crippen LogP contribution is -2.05. The Hall–Kier alpha value is -2.68. The van der Waals surface area contributed by atoms with E-state index in [0.29, 0.717) is 18.1 Å². The summed E-state index contributed by atoms with van der Waals surface area (Å²) in [6.07, 6.45) is 4.85. The van der Waals surface area contributed by atoms with Crippen molar-refractivity contribution in [3.8, 4) is 6.07 Å². The van der Waals surface area contributed by atoms with Gasteiger partial charge in [-0.05, 0) is 12.1 Å². The number of pyridine rings is 1. The summed E-state index contributed by atoms with van der Waals surface area (Å²) >= 11 is 0. The van der Waals surface area contributed by atoms with E-state index in [2.05, 4.69) is 20.3 Å². The predicted octanol–water partition coefficient (Wildman–Crippen LogP) is 0.938. The molecule has 0 amide bonds. The third-order valence-corrected chi connectivity index (χ3v) is 2.10. The van der Waals surface area contributed by atoms with E-state index in [1.807, 2.05) is 6.07 Å². The van der Waals surface area contributed by atoms with Crippen molar-refractivity contribution < 1.29 is 0 Å². The maximum Gasteiger partial charge on any atom is 0.232 e. The summed E-state index contributed by atoms with van der Waals surface area (Å²) in [6.45, 7) is 0.507. The zero-order valence-corrected chi connectivity index (χ0v) is 8.96. The van der Waals surface area contributed by atoms with Gasteiger partial charge < -0.3 is 11.1 Å². The molecule has 17 heavy (non-hydrogen) atoms. The molecule has 0 fully saturated rings. The van der Waals surface area contributed by atoms with Crippen LogP contribution in [0.1, 0.15) is 11.4 Å². The predicted molar refractivity (Wildman–Crippen MR) is 62.7 cm³/mol. The van der Waals surface area contributed by atoms with E-state index in [1.54, 1.807) is 30.7 Å². The molecule has 0 atom stereocenters. The normalized spacial score (nSPS) is 9.59. The van der Waals surface area contributed by atoms with Gasteiger partial charge in [0.1, 0.15) is 11.9 Å². The summed E-state index contributed by atoms with van der Waals surface area (Å²) in [6, 6.07) is 5.40. The largest absolute Gasteiger partial charge is 0.396 e. The molecule has 2 rings (SSSR count). The van der Waals surface area contributed by atoms with E-state index < -0.39 is 0 Å². The lowest BCUT2D eigenvalue weighted by molar-refractivity contribution is 1.02. The van der Waals surface area contributed by atoms with Gasteiger partial charge in [-0.2, -0.15) is 5.26 Å². The van der Waals surface area contributed by atoms with Gasteiger partial charge in [-0.25, -0.2) is 15.0 Å². The lowest BCUT2D eigenvalue weighted by Gasteiger charge is -2.06. The van der Waals surface area contributed by atoms with Crippen molar-refractivity contribution >= 4 is 11.5 Å². The van der Waals surface area contributed by atoms with Crippen LogP contribution in [0.3, 0.4) is 0 Å². The summed E-state index contributed by atoms with van der Waals surface area (Å²) in [5, 5.41) is 11.6. The average Bonchev–Trinajstić information content (AvgIpc) is 2.38. The van der Waals surface area contributed by atoms with Gasteiger partial charge in [-0.15, -0.1) is 0 Å². The molecule has 0 saturated heterocycles. The standard InChI is InChI=1S/C11H10N6/c12-4-10-15-5-8(6-16-10)7-17-11-9(13)2-1-3-14-11/h1-3,5-6H,7,13H2,(H,14,17). The Balaban J connectivity index is 2.03. The number of nitrogens with zero attached hydrogens (tertiary/aromatic N) is 4. The van der Waals surface area contributed by atoms with Gasteiger partial charge in [0, 0.05) is 30.7 Å². The molecule has 6 nitrogen and oxygen atoms in total. The van der Waals surface area contributed by atoms with E-state index in [1.165, 1.54) is 0 Å². The molecular weight excluding hydrogens is 216 g/mol. The molecule has 2 aromatic heterocycles. The van der Waals surface area contributed by atoms with Gasteiger partial charge in [-0.1, -0.05) is 0 Å². The third kappa shape index (κ3) is 2.66. The van der Waals surface area contributed by atoms with Gasteiger partial charge in [-0.3, -0.25) is 0 Å². The number of anilines is 2. The molecule has 0 unspecified atom stereocenters. The molecule has 6 heteroatoms. The number of rotatable bonds is 3. The minimum atomic E-state index is 0.158. The van der Waals surface area contributed by atoms with E-state index in [0.717, 1.165) is 5.56 Å². The molecule has 0 radical (unpaired) electrons. The smallest absolute Gasteiger partial charge is 0.232 e. The number of nitrogens with two attached hydrogens (primary N) is 1. The summed E-state index contributed by atoms with van der Waals surface area (Å²) in [5.41, 5.74) is 7.17. The average molecular weight is 226 g/mol. The van der Waals surface area contributed by atoms with Crippen molar-refractivity contribution in [2.75, 3.05) is 11.1 Å². The highest BCUT2D eigenvalue weighted by atomic mass is 15.0. The van der Waals surface area contributed by atoms with Crippen LogP contribution < -0.4 is 11.1 Å². The first-order valence-corrected chi connectivity index (χ1v) is 4.95. The second-order valence-corrected chi connectivity index (χ2v) is 3.32. The highest BCUT2D eigenvalue weighted by Gasteiger charge is 2.00. The highest BCUT2D eigenvalue weighted by Crippen LogP contribution is 2.13. The second-order valence-electron chi connectivity index (χ2n) is 3.32. The van der Waals surface area contributed by atoms with Crippen LogP contribution in [0.15, 0.2) is 30.7 Å². The molecule has 84 valence electrons. The first-order chi connectivity index (χ1) is 8.29. The molecule has 0 saturated carbocycles.